The molecule has 2 aromatic carbocycles. The van der Waals surface area contributed by atoms with Crippen molar-refractivity contribution in [2.24, 2.45) is 4.99 Å². The maximum atomic E-state index is 14.4. The fraction of sp³-hybridized carbons (Fsp3) is 0.517. The van der Waals surface area contributed by atoms with Gasteiger partial charge in [-0.3, -0.25) is 9.79 Å². The summed E-state index contributed by atoms with van der Waals surface area (Å²) < 4.78 is 68.0. The lowest BCUT2D eigenvalue weighted by Crippen LogP contribution is -2.52. The van der Waals surface area contributed by atoms with Crippen LogP contribution in [0, 0.1) is 13.8 Å². The molecule has 1 saturated heterocycles. The number of nitrogens with zero attached hydrogens (tertiary/aromatic N) is 3. The van der Waals surface area contributed by atoms with E-state index in [4.69, 9.17) is 9.47 Å². The van der Waals surface area contributed by atoms with Gasteiger partial charge in [-0.25, -0.2) is 17.2 Å². The molecule has 2 aliphatic rings. The van der Waals surface area contributed by atoms with Crippen LogP contribution in [0.3, 0.4) is 0 Å². The quantitative estimate of drug-likeness (QED) is 0.431. The Morgan fingerprint density at radius 1 is 1.20 bits per heavy atom. The Morgan fingerprint density at radius 3 is 2.49 bits per heavy atom. The van der Waals surface area contributed by atoms with Crippen molar-refractivity contribution < 1.29 is 31.5 Å². The normalized spacial score (nSPS) is 19.0. The van der Waals surface area contributed by atoms with E-state index in [9.17, 15) is 22.0 Å². The SMILES string of the molecule is COc1cc(C)c(S(=O)(=O)N2CCC(F)(F)C[C@H]2COCC(=O)N(C)CCc2ccc(C3=NCCN3)cc2)c(C)c1. The summed E-state index contributed by atoms with van der Waals surface area (Å²) >= 11 is 0. The van der Waals surface area contributed by atoms with Crippen LogP contribution in [-0.4, -0.2) is 94.9 Å². The summed E-state index contributed by atoms with van der Waals surface area (Å²) in [6.45, 7) is 4.35. The molecule has 0 aromatic heterocycles. The molecule has 1 fully saturated rings. The summed E-state index contributed by atoms with van der Waals surface area (Å²) in [4.78, 5) is 18.7. The van der Waals surface area contributed by atoms with Crippen molar-refractivity contribution in [1.82, 2.24) is 14.5 Å². The predicted molar refractivity (Wildman–Crippen MR) is 152 cm³/mol. The number of aliphatic imine (C=N–C) groups is 1. The van der Waals surface area contributed by atoms with Crippen LogP contribution in [0.5, 0.6) is 5.75 Å². The molecule has 0 saturated carbocycles. The van der Waals surface area contributed by atoms with Crippen LogP contribution < -0.4 is 10.1 Å². The summed E-state index contributed by atoms with van der Waals surface area (Å²) in [5.74, 6) is -1.94. The maximum Gasteiger partial charge on any atom is 0.251 e. The van der Waals surface area contributed by atoms with E-state index in [-0.39, 0.29) is 30.6 Å². The van der Waals surface area contributed by atoms with E-state index in [0.29, 0.717) is 29.8 Å². The number of aryl methyl sites for hydroxylation is 2. The van der Waals surface area contributed by atoms with E-state index < -0.39 is 34.8 Å². The van der Waals surface area contributed by atoms with Crippen LogP contribution in [0.15, 0.2) is 46.3 Å². The topological polar surface area (TPSA) is 101 Å². The van der Waals surface area contributed by atoms with Crippen LogP contribution >= 0.6 is 0 Å². The minimum Gasteiger partial charge on any atom is -0.497 e. The van der Waals surface area contributed by atoms with Crippen molar-refractivity contribution in [3.8, 4) is 5.75 Å². The first kappa shape index (κ1) is 30.9. The van der Waals surface area contributed by atoms with Gasteiger partial charge in [0.1, 0.15) is 18.2 Å². The number of hydrogen-bond donors (Lipinski definition) is 1. The molecule has 1 amide bonds. The van der Waals surface area contributed by atoms with E-state index in [0.717, 1.165) is 34.4 Å². The third-order valence-electron chi connectivity index (χ3n) is 7.47. The molecule has 2 aromatic rings. The number of alkyl halides is 2. The second-order valence-electron chi connectivity index (χ2n) is 10.6. The second-order valence-corrected chi connectivity index (χ2v) is 12.4. The van der Waals surface area contributed by atoms with Gasteiger partial charge in [-0.1, -0.05) is 24.3 Å². The zero-order valence-electron chi connectivity index (χ0n) is 24.0. The van der Waals surface area contributed by atoms with Gasteiger partial charge < -0.3 is 19.7 Å². The van der Waals surface area contributed by atoms with Crippen molar-refractivity contribution in [3.63, 3.8) is 0 Å². The number of nitrogens with one attached hydrogen (secondary N) is 1. The van der Waals surface area contributed by atoms with Gasteiger partial charge in [0, 0.05) is 45.1 Å². The highest BCUT2D eigenvalue weighted by molar-refractivity contribution is 7.89. The third-order valence-corrected chi connectivity index (χ3v) is 9.73. The van der Waals surface area contributed by atoms with E-state index in [1.165, 1.54) is 12.0 Å². The van der Waals surface area contributed by atoms with Gasteiger partial charge in [-0.15, -0.1) is 0 Å². The minimum atomic E-state index is -4.10. The van der Waals surface area contributed by atoms with Crippen molar-refractivity contribution in [2.75, 3.05) is 53.6 Å². The molecule has 0 bridgehead atoms. The summed E-state index contributed by atoms with van der Waals surface area (Å²) in [7, 11) is -0.965. The van der Waals surface area contributed by atoms with Crippen LogP contribution in [-0.2, 0) is 26.0 Å². The Morgan fingerprint density at radius 2 is 1.88 bits per heavy atom. The third kappa shape index (κ3) is 7.41. The monoisotopic (exact) mass is 592 g/mol. The number of halogens is 2. The van der Waals surface area contributed by atoms with Gasteiger partial charge >= 0.3 is 0 Å². The standard InChI is InChI=1S/C29H38F2N4O5S/c1-20-15-25(39-4)16-21(2)27(20)41(37,38)35-14-10-29(30,31)17-24(35)18-40-19-26(36)34(3)13-9-22-5-7-23(8-6-22)28-32-11-12-33-28/h5-8,15-16,24H,9-14,17-19H2,1-4H3,(H,32,33)/t24-/m0/s1. The summed E-state index contributed by atoms with van der Waals surface area (Å²) in [5.41, 5.74) is 3.01. The van der Waals surface area contributed by atoms with E-state index in [1.54, 1.807) is 33.0 Å². The molecular weight excluding hydrogens is 554 g/mol. The Balaban J connectivity index is 1.34. The zero-order valence-corrected chi connectivity index (χ0v) is 24.8. The second kappa shape index (κ2) is 12.8. The van der Waals surface area contributed by atoms with E-state index in [1.807, 2.05) is 24.3 Å². The highest BCUT2D eigenvalue weighted by Crippen LogP contribution is 2.37. The number of hydrogen-bond acceptors (Lipinski definition) is 7. The molecule has 224 valence electrons. The smallest absolute Gasteiger partial charge is 0.251 e. The lowest BCUT2D eigenvalue weighted by atomic mass is 10.0. The Hall–Kier alpha value is -3.09. The van der Waals surface area contributed by atoms with E-state index in [2.05, 4.69) is 10.3 Å². The fourth-order valence-corrected chi connectivity index (χ4v) is 7.28. The van der Waals surface area contributed by atoms with Crippen LogP contribution in [0.4, 0.5) is 8.78 Å². The van der Waals surface area contributed by atoms with Crippen molar-refractivity contribution >= 4 is 21.8 Å². The van der Waals surface area contributed by atoms with Gasteiger partial charge in [0.2, 0.25) is 15.9 Å². The average molecular weight is 593 g/mol. The van der Waals surface area contributed by atoms with Gasteiger partial charge in [-0.05, 0) is 49.1 Å². The minimum absolute atomic E-state index is 0.0739. The highest BCUT2D eigenvalue weighted by atomic mass is 32.2. The number of methoxy groups -OCH3 is 1. The summed E-state index contributed by atoms with van der Waals surface area (Å²) in [6.07, 6.45) is -0.628. The molecule has 9 nitrogen and oxygen atoms in total. The van der Waals surface area contributed by atoms with Crippen molar-refractivity contribution in [2.45, 2.75) is 50.0 Å². The molecule has 0 radical (unpaired) electrons. The lowest BCUT2D eigenvalue weighted by molar-refractivity contribution is -0.136. The Labute approximate surface area is 240 Å². The number of rotatable bonds is 11. The van der Waals surface area contributed by atoms with Gasteiger partial charge in [-0.2, -0.15) is 4.31 Å². The number of benzene rings is 2. The number of ether oxygens (including phenoxy) is 2. The largest absolute Gasteiger partial charge is 0.497 e. The molecule has 1 atom stereocenters. The average Bonchev–Trinajstić information content (AvgIpc) is 3.46. The Bertz CT molecular complexity index is 1360. The first-order chi connectivity index (χ1) is 19.4. The van der Waals surface area contributed by atoms with Crippen molar-refractivity contribution in [3.05, 3.63) is 58.7 Å². The van der Waals surface area contributed by atoms with Gasteiger partial charge in [0.05, 0.1) is 31.2 Å². The molecule has 41 heavy (non-hydrogen) atoms. The van der Waals surface area contributed by atoms with Crippen molar-refractivity contribution in [1.29, 1.82) is 0 Å². The first-order valence-corrected chi connectivity index (χ1v) is 15.1. The molecule has 4 rings (SSSR count). The number of likely N-dealkylation sites (N-methyl/N-ethyl adjacent to an activating group) is 1. The van der Waals surface area contributed by atoms with Crippen LogP contribution in [0.1, 0.15) is 35.1 Å². The first-order valence-electron chi connectivity index (χ1n) is 13.7. The zero-order chi connectivity index (χ0) is 29.8. The van der Waals surface area contributed by atoms with E-state index >= 15 is 0 Å². The molecular formula is C29H38F2N4O5S. The predicted octanol–water partition coefficient (Wildman–Crippen LogP) is 3.17. The molecule has 2 heterocycles. The molecule has 1 N–H and O–H groups in total. The number of carbonyl (C=O) groups is 1. The van der Waals surface area contributed by atoms with Crippen LogP contribution in [0.2, 0.25) is 0 Å². The fourth-order valence-electron chi connectivity index (χ4n) is 5.25. The lowest BCUT2D eigenvalue weighted by Gasteiger charge is -2.38. The molecule has 0 aliphatic carbocycles. The Kier molecular flexibility index (Phi) is 9.66. The molecule has 12 heteroatoms. The maximum absolute atomic E-state index is 14.4. The van der Waals surface area contributed by atoms with Gasteiger partial charge in [0.25, 0.3) is 5.92 Å². The number of amidine groups is 1. The van der Waals surface area contributed by atoms with Gasteiger partial charge in [0.15, 0.2) is 0 Å². The molecule has 0 spiro atoms. The number of carbonyl (C=O) groups excluding carboxylic acids is 1. The summed E-state index contributed by atoms with van der Waals surface area (Å²) in [5, 5.41) is 3.23. The number of amides is 1. The molecule has 0 unspecified atom stereocenters. The molecule has 2 aliphatic heterocycles. The number of piperidine rings is 1. The number of sulfonamides is 1. The summed E-state index contributed by atoms with van der Waals surface area (Å²) in [6, 6.07) is 10.1. The van der Waals surface area contributed by atoms with Crippen LogP contribution in [0.25, 0.3) is 0 Å². The highest BCUT2D eigenvalue weighted by Gasteiger charge is 2.45.